The number of carbonyl (C=O) groups is 1. The molecule has 90 valence electrons. The number of nitrogens with zero attached hydrogens (tertiary/aromatic N) is 2. The molecule has 1 atom stereocenters. The highest BCUT2D eigenvalue weighted by molar-refractivity contribution is 7.94. The third-order valence-electron chi connectivity index (χ3n) is 2.08. The summed E-state index contributed by atoms with van der Waals surface area (Å²) < 4.78 is 26.8. The molecule has 0 aromatic carbocycles. The van der Waals surface area contributed by atoms with Crippen molar-refractivity contribution >= 4 is 21.7 Å². The van der Waals surface area contributed by atoms with E-state index in [4.69, 9.17) is 5.11 Å². The van der Waals surface area contributed by atoms with Gasteiger partial charge in [-0.05, 0) is 13.8 Å². The number of sulfonamides is 1. The number of nitrogens with one attached hydrogen (secondary N) is 1. The Labute approximate surface area is 93.1 Å². The first-order valence-corrected chi connectivity index (χ1v) is 6.03. The second-order valence-electron chi connectivity index (χ2n) is 3.43. The Morgan fingerprint density at radius 1 is 1.62 bits per heavy atom. The van der Waals surface area contributed by atoms with Crippen LogP contribution in [-0.2, 0) is 21.9 Å². The van der Waals surface area contributed by atoms with Gasteiger partial charge in [-0.2, -0.15) is 5.10 Å². The molecule has 8 heteroatoms. The first-order chi connectivity index (χ1) is 7.24. The third-order valence-corrected chi connectivity index (χ3v) is 3.72. The van der Waals surface area contributed by atoms with Crippen molar-refractivity contribution in [3.8, 4) is 0 Å². The van der Waals surface area contributed by atoms with Crippen LogP contribution in [-0.4, -0.2) is 34.5 Å². The molecule has 0 aliphatic carbocycles. The summed E-state index contributed by atoms with van der Waals surface area (Å²) in [6.45, 7) is 2.74. The fourth-order valence-electron chi connectivity index (χ4n) is 1.07. The van der Waals surface area contributed by atoms with Crippen LogP contribution in [0.1, 0.15) is 12.6 Å². The van der Waals surface area contributed by atoms with E-state index < -0.39 is 21.2 Å². The number of anilines is 1. The summed E-state index contributed by atoms with van der Waals surface area (Å²) in [5.74, 6) is -1.39. The molecule has 0 saturated carbocycles. The van der Waals surface area contributed by atoms with Crippen LogP contribution < -0.4 is 4.72 Å². The topological polar surface area (TPSA) is 101 Å². The standard InChI is InChI=1S/C8H13N3O4S/c1-5-7(4-11(3)9-5)10-16(14,15)6(2)8(12)13/h4,6,10H,1-3H3,(H,12,13). The molecule has 1 aromatic heterocycles. The largest absolute Gasteiger partial charge is 0.480 e. The van der Waals surface area contributed by atoms with Crippen molar-refractivity contribution in [3.63, 3.8) is 0 Å². The van der Waals surface area contributed by atoms with E-state index in [0.717, 1.165) is 6.92 Å². The van der Waals surface area contributed by atoms with Gasteiger partial charge in [0.05, 0.1) is 11.4 Å². The summed E-state index contributed by atoms with van der Waals surface area (Å²) >= 11 is 0. The Hall–Kier alpha value is -1.57. The highest BCUT2D eigenvalue weighted by atomic mass is 32.2. The number of hydrogen-bond donors (Lipinski definition) is 2. The van der Waals surface area contributed by atoms with Gasteiger partial charge in [0.2, 0.25) is 10.0 Å². The number of rotatable bonds is 4. The molecule has 0 aliphatic heterocycles. The molecule has 0 aliphatic rings. The van der Waals surface area contributed by atoms with E-state index in [1.165, 1.54) is 10.9 Å². The molecule has 1 unspecified atom stereocenters. The minimum atomic E-state index is -3.92. The van der Waals surface area contributed by atoms with E-state index in [1.54, 1.807) is 14.0 Å². The Kier molecular flexibility index (Phi) is 3.22. The summed E-state index contributed by atoms with van der Waals surface area (Å²) in [5.41, 5.74) is 0.777. The third kappa shape index (κ3) is 2.51. The quantitative estimate of drug-likeness (QED) is 0.776. The van der Waals surface area contributed by atoms with Gasteiger partial charge in [-0.3, -0.25) is 14.2 Å². The molecule has 0 fully saturated rings. The van der Waals surface area contributed by atoms with E-state index in [1.807, 2.05) is 0 Å². The van der Waals surface area contributed by atoms with Gasteiger partial charge in [-0.1, -0.05) is 0 Å². The highest BCUT2D eigenvalue weighted by Crippen LogP contribution is 2.15. The van der Waals surface area contributed by atoms with Crippen molar-refractivity contribution in [2.45, 2.75) is 19.1 Å². The number of aromatic nitrogens is 2. The summed E-state index contributed by atoms with van der Waals surface area (Å²) in [6, 6.07) is 0. The first kappa shape index (κ1) is 12.5. The van der Waals surface area contributed by atoms with Crippen LogP contribution in [0, 0.1) is 6.92 Å². The number of aliphatic carboxylic acids is 1. The lowest BCUT2D eigenvalue weighted by atomic mass is 10.4. The molecule has 7 nitrogen and oxygen atoms in total. The Balaban J connectivity index is 2.97. The summed E-state index contributed by atoms with van der Waals surface area (Å²) in [7, 11) is -2.28. The van der Waals surface area contributed by atoms with Gasteiger partial charge >= 0.3 is 5.97 Å². The van der Waals surface area contributed by atoms with E-state index in [0.29, 0.717) is 5.69 Å². The molecule has 1 aromatic rings. The minimum Gasteiger partial charge on any atom is -0.480 e. The Morgan fingerprint density at radius 2 is 2.19 bits per heavy atom. The zero-order chi connectivity index (χ0) is 12.5. The fourth-order valence-corrected chi connectivity index (χ4v) is 2.02. The first-order valence-electron chi connectivity index (χ1n) is 4.48. The lowest BCUT2D eigenvalue weighted by molar-refractivity contribution is -0.136. The normalized spacial score (nSPS) is 13.4. The van der Waals surface area contributed by atoms with Crippen molar-refractivity contribution in [3.05, 3.63) is 11.9 Å². The zero-order valence-electron chi connectivity index (χ0n) is 9.13. The molecular weight excluding hydrogens is 234 g/mol. The molecule has 0 bridgehead atoms. The van der Waals surface area contributed by atoms with Gasteiger partial charge in [-0.25, -0.2) is 8.42 Å². The second-order valence-corrected chi connectivity index (χ2v) is 5.43. The maximum atomic E-state index is 11.6. The lowest BCUT2D eigenvalue weighted by Gasteiger charge is -2.09. The predicted octanol–water partition coefficient (Wildman–Crippen LogP) is -0.0567. The number of hydrogen-bond acceptors (Lipinski definition) is 4. The number of carboxylic acids is 1. The second kappa shape index (κ2) is 4.12. The molecule has 1 heterocycles. The van der Waals surface area contributed by atoms with Gasteiger partial charge in [0.15, 0.2) is 5.25 Å². The van der Waals surface area contributed by atoms with Gasteiger partial charge in [0.1, 0.15) is 0 Å². The van der Waals surface area contributed by atoms with Crippen LogP contribution in [0.25, 0.3) is 0 Å². The molecule has 16 heavy (non-hydrogen) atoms. The molecule has 0 spiro atoms. The molecule has 1 rings (SSSR count). The van der Waals surface area contributed by atoms with Gasteiger partial charge in [-0.15, -0.1) is 0 Å². The van der Waals surface area contributed by atoms with Gasteiger partial charge in [0.25, 0.3) is 0 Å². The van der Waals surface area contributed by atoms with Crippen LogP contribution in [0.5, 0.6) is 0 Å². The molecular formula is C8H13N3O4S. The minimum absolute atomic E-state index is 0.288. The van der Waals surface area contributed by atoms with Crippen LogP contribution in [0.3, 0.4) is 0 Å². The monoisotopic (exact) mass is 247 g/mol. The number of carboxylic acid groups (broad SMARTS) is 1. The molecule has 0 radical (unpaired) electrons. The van der Waals surface area contributed by atoms with Gasteiger partial charge in [0, 0.05) is 13.2 Å². The Bertz CT molecular complexity index is 505. The predicted molar refractivity (Wildman–Crippen MR) is 57.6 cm³/mol. The van der Waals surface area contributed by atoms with Crippen molar-refractivity contribution < 1.29 is 18.3 Å². The highest BCUT2D eigenvalue weighted by Gasteiger charge is 2.28. The van der Waals surface area contributed by atoms with E-state index in [9.17, 15) is 13.2 Å². The van der Waals surface area contributed by atoms with Crippen LogP contribution in [0.2, 0.25) is 0 Å². The van der Waals surface area contributed by atoms with Gasteiger partial charge < -0.3 is 5.11 Å². The summed E-state index contributed by atoms with van der Waals surface area (Å²) in [6.07, 6.45) is 1.47. The van der Waals surface area contributed by atoms with Crippen molar-refractivity contribution in [2.75, 3.05) is 4.72 Å². The summed E-state index contributed by atoms with van der Waals surface area (Å²) in [5, 5.41) is 11.1. The van der Waals surface area contributed by atoms with Crippen molar-refractivity contribution in [1.82, 2.24) is 9.78 Å². The SMILES string of the molecule is Cc1nn(C)cc1NS(=O)(=O)C(C)C(=O)O. The molecule has 0 amide bonds. The van der Waals surface area contributed by atoms with Crippen molar-refractivity contribution in [1.29, 1.82) is 0 Å². The smallest absolute Gasteiger partial charge is 0.323 e. The maximum absolute atomic E-state index is 11.6. The van der Waals surface area contributed by atoms with Crippen LogP contribution in [0.15, 0.2) is 6.20 Å². The molecule has 2 N–H and O–H groups in total. The fraction of sp³-hybridized carbons (Fsp3) is 0.500. The zero-order valence-corrected chi connectivity index (χ0v) is 9.95. The Morgan fingerprint density at radius 3 is 2.56 bits per heavy atom. The number of aryl methyl sites for hydroxylation is 2. The average molecular weight is 247 g/mol. The van der Waals surface area contributed by atoms with E-state index in [2.05, 4.69) is 9.82 Å². The van der Waals surface area contributed by atoms with Crippen LogP contribution >= 0.6 is 0 Å². The molecule has 0 saturated heterocycles. The lowest BCUT2D eigenvalue weighted by Crippen LogP contribution is -2.32. The van der Waals surface area contributed by atoms with E-state index in [-0.39, 0.29) is 5.69 Å². The van der Waals surface area contributed by atoms with Crippen molar-refractivity contribution in [2.24, 2.45) is 7.05 Å². The maximum Gasteiger partial charge on any atom is 0.323 e. The van der Waals surface area contributed by atoms with E-state index >= 15 is 0 Å². The van der Waals surface area contributed by atoms with Crippen LogP contribution in [0.4, 0.5) is 5.69 Å². The average Bonchev–Trinajstić information content (AvgIpc) is 2.43. The summed E-state index contributed by atoms with van der Waals surface area (Å²) in [4.78, 5) is 10.6.